The van der Waals surface area contributed by atoms with Crippen molar-refractivity contribution in [3.63, 3.8) is 0 Å². The molecule has 1 aliphatic rings. The maximum Gasteiger partial charge on any atom is 0.255 e. The molecule has 0 saturated carbocycles. The molecule has 0 atom stereocenters. The van der Waals surface area contributed by atoms with Gasteiger partial charge in [0, 0.05) is 31.6 Å². The fourth-order valence-electron chi connectivity index (χ4n) is 4.09. The van der Waals surface area contributed by atoms with Gasteiger partial charge >= 0.3 is 0 Å². The first-order valence-corrected chi connectivity index (χ1v) is 11.7. The Balaban J connectivity index is 1.57. The highest BCUT2D eigenvalue weighted by atomic mass is 32.2. The summed E-state index contributed by atoms with van der Waals surface area (Å²) in [6, 6.07) is 7.85. The molecular formula is C22H26N4O4S. The second-order valence-corrected chi connectivity index (χ2v) is 9.90. The van der Waals surface area contributed by atoms with Crippen LogP contribution in [0.25, 0.3) is 10.9 Å². The maximum atomic E-state index is 13.3. The van der Waals surface area contributed by atoms with Crippen molar-refractivity contribution < 1.29 is 17.7 Å². The van der Waals surface area contributed by atoms with Crippen molar-refractivity contribution in [2.45, 2.75) is 39.0 Å². The van der Waals surface area contributed by atoms with Gasteiger partial charge < -0.3 is 9.42 Å². The number of sulfonamides is 1. The molecule has 1 amide bonds. The van der Waals surface area contributed by atoms with Crippen LogP contribution in [0.5, 0.6) is 0 Å². The summed E-state index contributed by atoms with van der Waals surface area (Å²) in [4.78, 5) is 19.7. The van der Waals surface area contributed by atoms with Gasteiger partial charge in [-0.15, -0.1) is 0 Å². The summed E-state index contributed by atoms with van der Waals surface area (Å²) in [5.41, 5.74) is 3.53. The monoisotopic (exact) mass is 442 g/mol. The number of pyridine rings is 1. The maximum absolute atomic E-state index is 13.3. The number of carbonyl (C=O) groups excluding carboxylic acids is 1. The van der Waals surface area contributed by atoms with E-state index < -0.39 is 10.0 Å². The molecule has 4 rings (SSSR count). The fraction of sp³-hybridized carbons (Fsp3) is 0.409. The molecule has 31 heavy (non-hydrogen) atoms. The first-order valence-electron chi connectivity index (χ1n) is 10.3. The van der Waals surface area contributed by atoms with E-state index in [1.54, 1.807) is 18.7 Å². The van der Waals surface area contributed by atoms with Crippen LogP contribution >= 0.6 is 0 Å². The summed E-state index contributed by atoms with van der Waals surface area (Å²) in [5.74, 6) is 0.160. The van der Waals surface area contributed by atoms with Crippen molar-refractivity contribution in [1.29, 1.82) is 0 Å². The van der Waals surface area contributed by atoms with Gasteiger partial charge in [-0.2, -0.15) is 4.31 Å². The Hall–Kier alpha value is -2.78. The number of fused-ring (bicyclic) bond motifs is 1. The topological polar surface area (TPSA) is 96.6 Å². The largest absolute Gasteiger partial charge is 0.360 e. The van der Waals surface area contributed by atoms with E-state index >= 15 is 0 Å². The molecule has 1 saturated heterocycles. The number of aryl methyl sites for hydroxylation is 4. The number of aromatic nitrogens is 2. The molecule has 3 aromatic rings. The highest BCUT2D eigenvalue weighted by Gasteiger charge is 2.33. The summed E-state index contributed by atoms with van der Waals surface area (Å²) >= 11 is 0. The second-order valence-electron chi connectivity index (χ2n) is 8.02. The van der Waals surface area contributed by atoms with Crippen LogP contribution in [0.2, 0.25) is 0 Å². The molecule has 0 radical (unpaired) electrons. The zero-order valence-corrected chi connectivity index (χ0v) is 19.0. The van der Waals surface area contributed by atoms with Crippen LogP contribution in [0.15, 0.2) is 33.7 Å². The number of nitrogens with zero attached hydrogens (tertiary/aromatic N) is 4. The van der Waals surface area contributed by atoms with E-state index in [-0.39, 0.29) is 23.1 Å². The number of rotatable bonds is 3. The highest BCUT2D eigenvalue weighted by molar-refractivity contribution is 7.89. The van der Waals surface area contributed by atoms with Gasteiger partial charge in [-0.3, -0.25) is 9.78 Å². The molecule has 0 spiro atoms. The molecule has 3 heterocycles. The van der Waals surface area contributed by atoms with Crippen LogP contribution in [-0.4, -0.2) is 59.8 Å². The summed E-state index contributed by atoms with van der Waals surface area (Å²) in [6.07, 6.45) is 0.549. The molecular weight excluding hydrogens is 416 g/mol. The third kappa shape index (κ3) is 3.95. The summed E-state index contributed by atoms with van der Waals surface area (Å²) < 4.78 is 32.7. The molecule has 2 aromatic heterocycles. The zero-order chi connectivity index (χ0) is 22.3. The molecule has 0 unspecified atom stereocenters. The van der Waals surface area contributed by atoms with Crippen molar-refractivity contribution in [1.82, 2.24) is 19.3 Å². The predicted octanol–water partition coefficient (Wildman–Crippen LogP) is 2.99. The van der Waals surface area contributed by atoms with Crippen molar-refractivity contribution in [3.8, 4) is 0 Å². The Morgan fingerprint density at radius 3 is 2.48 bits per heavy atom. The summed E-state index contributed by atoms with van der Waals surface area (Å²) in [5, 5.41) is 4.69. The highest BCUT2D eigenvalue weighted by Crippen LogP contribution is 2.25. The molecule has 1 aliphatic heterocycles. The van der Waals surface area contributed by atoms with E-state index in [2.05, 4.69) is 10.1 Å². The standard InChI is InChI=1S/C22H26N4O4S/c1-14-6-7-20-18(12-14)13-19(15(2)23-20)22(27)25-8-5-9-26(11-10-25)31(28,29)21-16(3)24-30-17(21)4/h6-7,12-13H,5,8-11H2,1-4H3. The molecule has 1 fully saturated rings. The Bertz CT molecular complexity index is 1250. The summed E-state index contributed by atoms with van der Waals surface area (Å²) in [6.45, 7) is 8.40. The van der Waals surface area contributed by atoms with E-state index in [9.17, 15) is 13.2 Å². The van der Waals surface area contributed by atoms with Crippen LogP contribution in [0, 0.1) is 27.7 Å². The van der Waals surface area contributed by atoms with Crippen LogP contribution in [0.1, 0.15) is 39.5 Å². The average molecular weight is 443 g/mol. The predicted molar refractivity (Wildman–Crippen MR) is 116 cm³/mol. The molecule has 8 nitrogen and oxygen atoms in total. The third-order valence-electron chi connectivity index (χ3n) is 5.70. The minimum absolute atomic E-state index is 0.120. The number of carbonyl (C=O) groups is 1. The van der Waals surface area contributed by atoms with Gasteiger partial charge in [-0.25, -0.2) is 8.42 Å². The Morgan fingerprint density at radius 1 is 1.00 bits per heavy atom. The van der Waals surface area contributed by atoms with Crippen molar-refractivity contribution >= 4 is 26.8 Å². The van der Waals surface area contributed by atoms with Crippen LogP contribution in [0.4, 0.5) is 0 Å². The number of benzene rings is 1. The molecule has 0 aliphatic carbocycles. The molecule has 0 N–H and O–H groups in total. The molecule has 0 bridgehead atoms. The van der Waals surface area contributed by atoms with Gasteiger partial charge in [0.05, 0.1) is 16.8 Å². The van der Waals surface area contributed by atoms with E-state index in [4.69, 9.17) is 4.52 Å². The fourth-order valence-corrected chi connectivity index (χ4v) is 5.85. The first-order chi connectivity index (χ1) is 14.7. The normalized spacial score (nSPS) is 15.9. The molecule has 9 heteroatoms. The third-order valence-corrected chi connectivity index (χ3v) is 7.84. The minimum Gasteiger partial charge on any atom is -0.360 e. The van der Waals surface area contributed by atoms with Crippen LogP contribution in [0.3, 0.4) is 0 Å². The number of hydrogen-bond acceptors (Lipinski definition) is 6. The lowest BCUT2D eigenvalue weighted by Gasteiger charge is -2.22. The smallest absolute Gasteiger partial charge is 0.255 e. The lowest BCUT2D eigenvalue weighted by molar-refractivity contribution is 0.0763. The van der Waals surface area contributed by atoms with Gasteiger partial charge in [-0.05, 0) is 52.3 Å². The summed E-state index contributed by atoms with van der Waals surface area (Å²) in [7, 11) is -3.73. The van der Waals surface area contributed by atoms with Gasteiger partial charge in [0.25, 0.3) is 5.91 Å². The van der Waals surface area contributed by atoms with Gasteiger partial charge in [-0.1, -0.05) is 16.8 Å². The average Bonchev–Trinajstić information content (AvgIpc) is 2.92. The van der Waals surface area contributed by atoms with Gasteiger partial charge in [0.1, 0.15) is 10.6 Å². The van der Waals surface area contributed by atoms with Crippen molar-refractivity contribution in [2.75, 3.05) is 26.2 Å². The van der Waals surface area contributed by atoms with Crippen LogP contribution < -0.4 is 0 Å². The second kappa shape index (κ2) is 8.05. The van der Waals surface area contributed by atoms with Gasteiger partial charge in [0.2, 0.25) is 10.0 Å². The number of hydrogen-bond donors (Lipinski definition) is 0. The molecule has 164 valence electrons. The van der Waals surface area contributed by atoms with E-state index in [1.807, 2.05) is 38.1 Å². The van der Waals surface area contributed by atoms with E-state index in [0.717, 1.165) is 16.5 Å². The molecule has 1 aromatic carbocycles. The Morgan fingerprint density at radius 2 is 1.77 bits per heavy atom. The van der Waals surface area contributed by atoms with Crippen LogP contribution in [-0.2, 0) is 10.0 Å². The van der Waals surface area contributed by atoms with E-state index in [1.165, 1.54) is 4.31 Å². The lowest BCUT2D eigenvalue weighted by Crippen LogP contribution is -2.37. The quantitative estimate of drug-likeness (QED) is 0.619. The zero-order valence-electron chi connectivity index (χ0n) is 18.2. The minimum atomic E-state index is -3.73. The van der Waals surface area contributed by atoms with Gasteiger partial charge in [0.15, 0.2) is 5.76 Å². The first kappa shape index (κ1) is 21.5. The van der Waals surface area contributed by atoms with Crippen molar-refractivity contribution in [3.05, 3.63) is 52.5 Å². The Kier molecular flexibility index (Phi) is 5.57. The SMILES string of the molecule is Cc1ccc2nc(C)c(C(=O)N3CCCN(S(=O)(=O)c4c(C)noc4C)CC3)cc2c1. The van der Waals surface area contributed by atoms with Crippen molar-refractivity contribution in [2.24, 2.45) is 0 Å². The Labute approximate surface area is 181 Å². The van der Waals surface area contributed by atoms with E-state index in [0.29, 0.717) is 43.0 Å². The number of amides is 1. The lowest BCUT2D eigenvalue weighted by atomic mass is 10.1.